The Hall–Kier alpha value is -1.42. The van der Waals surface area contributed by atoms with Crippen molar-refractivity contribution < 1.29 is 4.79 Å². The molecule has 0 bridgehead atoms. The first-order valence-electron chi connectivity index (χ1n) is 5.77. The molecule has 94 valence electrons. The molecule has 0 aliphatic carbocycles. The van der Waals surface area contributed by atoms with Crippen LogP contribution in [0, 0.1) is 0 Å². The number of carbonyl (C=O) groups is 1. The fourth-order valence-corrected chi connectivity index (χ4v) is 1.48. The molecule has 0 fully saturated rings. The van der Waals surface area contributed by atoms with Gasteiger partial charge in [0.1, 0.15) is 0 Å². The van der Waals surface area contributed by atoms with E-state index < -0.39 is 0 Å². The van der Waals surface area contributed by atoms with Crippen LogP contribution in [0.5, 0.6) is 0 Å². The fourth-order valence-electron chi connectivity index (χ4n) is 1.48. The Bertz CT molecular complexity index is 396. The molecule has 2 N–H and O–H groups in total. The van der Waals surface area contributed by atoms with Crippen LogP contribution in [0.1, 0.15) is 36.7 Å². The number of aromatic nitrogens is 1. The van der Waals surface area contributed by atoms with Crippen molar-refractivity contribution in [3.63, 3.8) is 0 Å². The number of nitrogens with zero attached hydrogens (tertiary/aromatic N) is 2. The molecular formula is C13H21N3O. The Morgan fingerprint density at radius 2 is 2.06 bits per heavy atom. The highest BCUT2D eigenvalue weighted by Gasteiger charge is 2.17. The summed E-state index contributed by atoms with van der Waals surface area (Å²) in [6.45, 7) is 7.32. The van der Waals surface area contributed by atoms with Crippen molar-refractivity contribution in [3.8, 4) is 0 Å². The van der Waals surface area contributed by atoms with Crippen LogP contribution in [0.3, 0.4) is 0 Å². The van der Waals surface area contributed by atoms with Crippen LogP contribution < -0.4 is 5.73 Å². The molecular weight excluding hydrogens is 214 g/mol. The summed E-state index contributed by atoms with van der Waals surface area (Å²) in [7, 11) is 1.75. The first-order valence-corrected chi connectivity index (χ1v) is 5.77. The summed E-state index contributed by atoms with van der Waals surface area (Å²) in [5.74, 6) is -0.0333. The molecule has 1 amide bonds. The lowest BCUT2D eigenvalue weighted by molar-refractivity contribution is 0.0798. The Morgan fingerprint density at radius 1 is 1.41 bits per heavy atom. The van der Waals surface area contributed by atoms with Gasteiger partial charge in [0, 0.05) is 32.5 Å². The normalized spacial score (nSPS) is 11.4. The average molecular weight is 235 g/mol. The van der Waals surface area contributed by atoms with Gasteiger partial charge in [0.05, 0.1) is 5.56 Å². The Labute approximate surface area is 103 Å². The Balaban J connectivity index is 2.96. The molecule has 4 heteroatoms. The van der Waals surface area contributed by atoms with Crippen molar-refractivity contribution in [2.24, 2.45) is 5.73 Å². The van der Waals surface area contributed by atoms with Crippen molar-refractivity contribution in [1.29, 1.82) is 0 Å². The van der Waals surface area contributed by atoms with Gasteiger partial charge in [-0.3, -0.25) is 9.78 Å². The van der Waals surface area contributed by atoms with Gasteiger partial charge in [-0.15, -0.1) is 0 Å². The highest BCUT2D eigenvalue weighted by Crippen LogP contribution is 2.22. The predicted molar refractivity (Wildman–Crippen MR) is 69.0 cm³/mol. The molecule has 0 spiro atoms. The van der Waals surface area contributed by atoms with Crippen LogP contribution in [0.2, 0.25) is 0 Å². The van der Waals surface area contributed by atoms with Crippen LogP contribution in [0.15, 0.2) is 18.5 Å². The summed E-state index contributed by atoms with van der Waals surface area (Å²) < 4.78 is 0. The van der Waals surface area contributed by atoms with E-state index in [1.54, 1.807) is 24.3 Å². The predicted octanol–water partition coefficient (Wildman–Crippen LogP) is 1.41. The van der Waals surface area contributed by atoms with Crippen molar-refractivity contribution in [2.45, 2.75) is 26.2 Å². The van der Waals surface area contributed by atoms with Crippen LogP contribution >= 0.6 is 0 Å². The lowest BCUT2D eigenvalue weighted by atomic mass is 9.87. The van der Waals surface area contributed by atoms with Gasteiger partial charge in [-0.1, -0.05) is 20.8 Å². The average Bonchev–Trinajstić information content (AvgIpc) is 2.27. The third kappa shape index (κ3) is 3.53. The van der Waals surface area contributed by atoms with Gasteiger partial charge in [-0.25, -0.2) is 0 Å². The van der Waals surface area contributed by atoms with Gasteiger partial charge in [0.2, 0.25) is 0 Å². The number of likely N-dealkylation sites (N-methyl/N-ethyl adjacent to an activating group) is 1. The second-order valence-electron chi connectivity index (χ2n) is 5.23. The zero-order chi connectivity index (χ0) is 13.1. The summed E-state index contributed by atoms with van der Waals surface area (Å²) in [6, 6.07) is 1.91. The molecule has 0 radical (unpaired) electrons. The van der Waals surface area contributed by atoms with E-state index in [9.17, 15) is 4.79 Å². The number of pyridine rings is 1. The maximum atomic E-state index is 12.0. The number of rotatable bonds is 3. The van der Waals surface area contributed by atoms with E-state index >= 15 is 0 Å². The summed E-state index contributed by atoms with van der Waals surface area (Å²) in [5, 5.41) is 0. The molecule has 4 nitrogen and oxygen atoms in total. The first kappa shape index (κ1) is 13.6. The molecule has 0 atom stereocenters. The topological polar surface area (TPSA) is 59.2 Å². The van der Waals surface area contributed by atoms with Crippen LogP contribution in [0.4, 0.5) is 0 Å². The highest BCUT2D eigenvalue weighted by atomic mass is 16.2. The maximum absolute atomic E-state index is 12.0. The molecule has 0 unspecified atom stereocenters. The smallest absolute Gasteiger partial charge is 0.255 e. The summed E-state index contributed by atoms with van der Waals surface area (Å²) in [4.78, 5) is 17.8. The minimum Gasteiger partial charge on any atom is -0.340 e. The van der Waals surface area contributed by atoms with E-state index in [2.05, 4.69) is 25.8 Å². The molecule has 0 saturated carbocycles. The Kier molecular flexibility index (Phi) is 4.23. The lowest BCUT2D eigenvalue weighted by Crippen LogP contribution is -2.32. The van der Waals surface area contributed by atoms with Crippen LogP contribution in [-0.4, -0.2) is 35.9 Å². The zero-order valence-electron chi connectivity index (χ0n) is 11.0. The van der Waals surface area contributed by atoms with E-state index in [-0.39, 0.29) is 11.3 Å². The maximum Gasteiger partial charge on any atom is 0.255 e. The third-order valence-corrected chi connectivity index (χ3v) is 2.66. The molecule has 1 aromatic rings. The second-order valence-corrected chi connectivity index (χ2v) is 5.23. The van der Waals surface area contributed by atoms with E-state index in [4.69, 9.17) is 5.73 Å². The first-order chi connectivity index (χ1) is 7.86. The van der Waals surface area contributed by atoms with E-state index in [0.717, 1.165) is 5.56 Å². The van der Waals surface area contributed by atoms with Crippen LogP contribution in [0.25, 0.3) is 0 Å². The van der Waals surface area contributed by atoms with Crippen molar-refractivity contribution in [2.75, 3.05) is 20.1 Å². The number of hydrogen-bond donors (Lipinski definition) is 1. The monoisotopic (exact) mass is 235 g/mol. The summed E-state index contributed by atoms with van der Waals surface area (Å²) in [6.07, 6.45) is 3.41. The molecule has 0 aromatic carbocycles. The number of nitrogens with two attached hydrogens (primary N) is 1. The van der Waals surface area contributed by atoms with E-state index in [1.165, 1.54) is 0 Å². The molecule has 0 saturated heterocycles. The fraction of sp³-hybridized carbons (Fsp3) is 0.538. The largest absolute Gasteiger partial charge is 0.340 e. The van der Waals surface area contributed by atoms with E-state index in [0.29, 0.717) is 18.7 Å². The number of amides is 1. The van der Waals surface area contributed by atoms with Crippen molar-refractivity contribution >= 4 is 5.91 Å². The van der Waals surface area contributed by atoms with E-state index in [1.807, 2.05) is 6.07 Å². The number of hydrogen-bond acceptors (Lipinski definition) is 3. The lowest BCUT2D eigenvalue weighted by Gasteiger charge is -2.20. The molecule has 17 heavy (non-hydrogen) atoms. The van der Waals surface area contributed by atoms with Gasteiger partial charge in [-0.05, 0) is 17.0 Å². The minimum atomic E-state index is -0.0333. The third-order valence-electron chi connectivity index (χ3n) is 2.66. The Morgan fingerprint density at radius 3 is 2.59 bits per heavy atom. The molecule has 1 aromatic heterocycles. The van der Waals surface area contributed by atoms with Gasteiger partial charge in [0.15, 0.2) is 0 Å². The standard InChI is InChI=1S/C13H21N3O/c1-13(2,3)11-7-10(8-15-9-11)12(17)16(4)6-5-14/h7-9H,5-6,14H2,1-4H3. The highest BCUT2D eigenvalue weighted by molar-refractivity contribution is 5.93. The SMILES string of the molecule is CN(CCN)C(=O)c1cncc(C(C)(C)C)c1. The molecule has 0 aliphatic heterocycles. The molecule has 0 aliphatic rings. The quantitative estimate of drug-likeness (QED) is 0.861. The van der Waals surface area contributed by atoms with Gasteiger partial charge in [-0.2, -0.15) is 0 Å². The van der Waals surface area contributed by atoms with Crippen molar-refractivity contribution in [3.05, 3.63) is 29.6 Å². The zero-order valence-corrected chi connectivity index (χ0v) is 11.0. The molecule has 1 heterocycles. The number of carbonyl (C=O) groups excluding carboxylic acids is 1. The van der Waals surface area contributed by atoms with Gasteiger partial charge >= 0.3 is 0 Å². The van der Waals surface area contributed by atoms with Crippen LogP contribution in [-0.2, 0) is 5.41 Å². The van der Waals surface area contributed by atoms with Gasteiger partial charge in [0.25, 0.3) is 5.91 Å². The minimum absolute atomic E-state index is 0.00424. The summed E-state index contributed by atoms with van der Waals surface area (Å²) >= 11 is 0. The molecule has 1 rings (SSSR count). The van der Waals surface area contributed by atoms with Crippen molar-refractivity contribution in [1.82, 2.24) is 9.88 Å². The second kappa shape index (κ2) is 5.27. The summed E-state index contributed by atoms with van der Waals surface area (Å²) in [5.41, 5.74) is 7.11. The van der Waals surface area contributed by atoms with Gasteiger partial charge < -0.3 is 10.6 Å².